The van der Waals surface area contributed by atoms with E-state index in [4.69, 9.17) is 0 Å². The summed E-state index contributed by atoms with van der Waals surface area (Å²) in [5.41, 5.74) is 2.55. The molecule has 1 amide bonds. The molecule has 8 nitrogen and oxygen atoms in total. The average Bonchev–Trinajstić information content (AvgIpc) is 3.37. The van der Waals surface area contributed by atoms with E-state index in [1.165, 1.54) is 6.33 Å². The Morgan fingerprint density at radius 2 is 2.28 bits per heavy atom. The molecule has 1 fully saturated rings. The molecule has 1 atom stereocenters. The molecular weight excluding hydrogens is 318 g/mol. The van der Waals surface area contributed by atoms with Crippen molar-refractivity contribution in [3.8, 4) is 5.69 Å². The minimum absolute atomic E-state index is 0.0429. The lowest BCUT2D eigenvalue weighted by Gasteiger charge is -2.25. The first kappa shape index (κ1) is 15.5. The number of aromatic nitrogens is 6. The third kappa shape index (κ3) is 3.15. The normalized spacial score (nSPS) is 17.2. The molecule has 0 N–H and O–H groups in total. The number of hydrogen-bond donors (Lipinski definition) is 0. The molecule has 0 radical (unpaired) electrons. The molecule has 25 heavy (non-hydrogen) atoms. The highest BCUT2D eigenvalue weighted by Gasteiger charge is 2.30. The van der Waals surface area contributed by atoms with Crippen molar-refractivity contribution < 1.29 is 4.79 Å². The number of hydrogen-bond acceptors (Lipinski definition) is 5. The molecule has 0 spiro atoms. The Morgan fingerprint density at radius 3 is 3.04 bits per heavy atom. The van der Waals surface area contributed by atoms with E-state index in [1.54, 1.807) is 4.68 Å². The monoisotopic (exact) mass is 337 g/mol. The summed E-state index contributed by atoms with van der Waals surface area (Å²) in [6, 6.07) is 7.56. The molecule has 1 aliphatic heterocycles. The molecule has 1 aliphatic rings. The van der Waals surface area contributed by atoms with Gasteiger partial charge in [-0.1, -0.05) is 6.07 Å². The van der Waals surface area contributed by atoms with E-state index < -0.39 is 0 Å². The summed E-state index contributed by atoms with van der Waals surface area (Å²) in [5.74, 6) is 0.0429. The van der Waals surface area contributed by atoms with Crippen LogP contribution in [0.1, 0.15) is 28.8 Å². The first-order valence-electron chi connectivity index (χ1n) is 8.34. The van der Waals surface area contributed by atoms with Crippen LogP contribution in [-0.4, -0.2) is 53.4 Å². The quantitative estimate of drug-likeness (QED) is 0.720. The molecule has 1 saturated heterocycles. The van der Waals surface area contributed by atoms with Gasteiger partial charge in [0.05, 0.1) is 24.5 Å². The van der Waals surface area contributed by atoms with E-state index in [0.29, 0.717) is 5.56 Å². The smallest absolute Gasteiger partial charge is 0.254 e. The predicted molar refractivity (Wildman–Crippen MR) is 90.2 cm³/mol. The van der Waals surface area contributed by atoms with Gasteiger partial charge in [0.15, 0.2) is 0 Å². The summed E-state index contributed by atoms with van der Waals surface area (Å²) in [7, 11) is 0. The summed E-state index contributed by atoms with van der Waals surface area (Å²) in [6.45, 7) is 3.52. The van der Waals surface area contributed by atoms with Crippen molar-refractivity contribution in [3.05, 3.63) is 54.1 Å². The van der Waals surface area contributed by atoms with E-state index in [-0.39, 0.29) is 11.9 Å². The Hall–Kier alpha value is -3.03. The second kappa shape index (κ2) is 6.46. The zero-order chi connectivity index (χ0) is 17.2. The second-order valence-electron chi connectivity index (χ2n) is 6.34. The summed E-state index contributed by atoms with van der Waals surface area (Å²) >= 11 is 0. The van der Waals surface area contributed by atoms with Crippen molar-refractivity contribution in [2.45, 2.75) is 32.4 Å². The molecule has 1 aromatic carbocycles. The van der Waals surface area contributed by atoms with E-state index in [9.17, 15) is 4.79 Å². The highest BCUT2D eigenvalue weighted by Crippen LogP contribution is 2.22. The molecule has 2 aromatic heterocycles. The van der Waals surface area contributed by atoms with Crippen LogP contribution in [-0.2, 0) is 6.54 Å². The fourth-order valence-corrected chi connectivity index (χ4v) is 3.30. The number of nitrogens with zero attached hydrogens (tertiary/aromatic N) is 7. The van der Waals surface area contributed by atoms with Crippen molar-refractivity contribution in [1.82, 2.24) is 34.9 Å². The number of tetrazole rings is 1. The van der Waals surface area contributed by atoms with Crippen molar-refractivity contribution in [1.29, 1.82) is 0 Å². The maximum absolute atomic E-state index is 13.0. The summed E-state index contributed by atoms with van der Waals surface area (Å²) < 4.78 is 3.47. The molecule has 0 unspecified atom stereocenters. The molecule has 128 valence electrons. The Labute approximate surface area is 145 Å². The van der Waals surface area contributed by atoms with Gasteiger partial charge in [-0.25, -0.2) is 4.68 Å². The number of amides is 1. The first-order chi connectivity index (χ1) is 12.2. The number of carbonyl (C=O) groups is 1. The van der Waals surface area contributed by atoms with E-state index in [0.717, 1.165) is 37.2 Å². The van der Waals surface area contributed by atoms with Crippen molar-refractivity contribution in [2.24, 2.45) is 0 Å². The van der Waals surface area contributed by atoms with Crippen molar-refractivity contribution in [2.75, 3.05) is 6.54 Å². The first-order valence-corrected chi connectivity index (χ1v) is 8.34. The van der Waals surface area contributed by atoms with Crippen molar-refractivity contribution in [3.63, 3.8) is 0 Å². The third-order valence-corrected chi connectivity index (χ3v) is 4.50. The van der Waals surface area contributed by atoms with Gasteiger partial charge in [0, 0.05) is 18.3 Å². The summed E-state index contributed by atoms with van der Waals surface area (Å²) in [4.78, 5) is 15.0. The number of aryl methyl sites for hydroxylation is 1. The Morgan fingerprint density at radius 1 is 1.36 bits per heavy atom. The van der Waals surface area contributed by atoms with Gasteiger partial charge < -0.3 is 4.90 Å². The van der Waals surface area contributed by atoms with Crippen LogP contribution < -0.4 is 0 Å². The molecule has 0 aliphatic carbocycles. The highest BCUT2D eigenvalue weighted by atomic mass is 16.2. The van der Waals surface area contributed by atoms with Crippen LogP contribution in [0.2, 0.25) is 0 Å². The van der Waals surface area contributed by atoms with Gasteiger partial charge in [0.1, 0.15) is 6.33 Å². The number of likely N-dealkylation sites (tertiary alicyclic amines) is 1. The summed E-state index contributed by atoms with van der Waals surface area (Å²) in [6.07, 6.45) is 7.39. The number of rotatable bonds is 4. The van der Waals surface area contributed by atoms with Crippen molar-refractivity contribution >= 4 is 5.91 Å². The minimum Gasteiger partial charge on any atom is -0.334 e. The molecule has 3 aromatic rings. The second-order valence-corrected chi connectivity index (χ2v) is 6.34. The average molecular weight is 337 g/mol. The van der Waals surface area contributed by atoms with E-state index in [2.05, 4.69) is 20.6 Å². The Bertz CT molecular complexity index is 871. The summed E-state index contributed by atoms with van der Waals surface area (Å²) in [5, 5.41) is 15.5. The van der Waals surface area contributed by atoms with Crippen LogP contribution in [0.4, 0.5) is 0 Å². The number of carbonyl (C=O) groups excluding carboxylic acids is 1. The van der Waals surface area contributed by atoms with Gasteiger partial charge in [-0.2, -0.15) is 5.10 Å². The minimum atomic E-state index is 0.0429. The van der Waals surface area contributed by atoms with Gasteiger partial charge >= 0.3 is 0 Å². The van der Waals surface area contributed by atoms with Crippen LogP contribution in [0.5, 0.6) is 0 Å². The standard InChI is InChI=1S/C17H19N7O/c1-13-9-19-22(10-13)11-16-6-3-7-23(16)17(25)14-4-2-5-15(8-14)24-12-18-20-21-24/h2,4-5,8-10,12,16H,3,6-7,11H2,1H3/t16-/m1/s1. The van der Waals surface area contributed by atoms with Crippen LogP contribution in [0.15, 0.2) is 43.0 Å². The fourth-order valence-electron chi connectivity index (χ4n) is 3.30. The van der Waals surface area contributed by atoms with Gasteiger partial charge in [0.25, 0.3) is 5.91 Å². The van der Waals surface area contributed by atoms with Gasteiger partial charge in [-0.3, -0.25) is 9.48 Å². The van der Waals surface area contributed by atoms with Gasteiger partial charge in [-0.05, 0) is 54.0 Å². The Kier molecular flexibility index (Phi) is 4.01. The van der Waals surface area contributed by atoms with Crippen LogP contribution in [0.25, 0.3) is 5.69 Å². The maximum atomic E-state index is 13.0. The lowest BCUT2D eigenvalue weighted by Crippen LogP contribution is -2.38. The van der Waals surface area contributed by atoms with E-state index >= 15 is 0 Å². The van der Waals surface area contributed by atoms with Gasteiger partial charge in [0.2, 0.25) is 0 Å². The van der Waals surface area contributed by atoms with Gasteiger partial charge in [-0.15, -0.1) is 5.10 Å². The highest BCUT2D eigenvalue weighted by molar-refractivity contribution is 5.95. The molecule has 0 saturated carbocycles. The maximum Gasteiger partial charge on any atom is 0.254 e. The lowest BCUT2D eigenvalue weighted by atomic mass is 10.1. The molecular formula is C17H19N7O. The molecule has 8 heteroatoms. The SMILES string of the molecule is Cc1cnn(C[C@H]2CCCN2C(=O)c2cccc(-n3cnnn3)c2)c1. The van der Waals surface area contributed by atoms with E-state index in [1.807, 2.05) is 53.2 Å². The zero-order valence-electron chi connectivity index (χ0n) is 14.0. The number of benzene rings is 1. The largest absolute Gasteiger partial charge is 0.334 e. The van der Waals surface area contributed by atoms with Crippen LogP contribution in [0, 0.1) is 6.92 Å². The Balaban J connectivity index is 1.54. The van der Waals surface area contributed by atoms with Crippen LogP contribution >= 0.6 is 0 Å². The molecule has 3 heterocycles. The third-order valence-electron chi connectivity index (χ3n) is 4.50. The predicted octanol–water partition coefficient (Wildman–Crippen LogP) is 1.47. The fraction of sp³-hybridized carbons (Fsp3) is 0.353. The lowest BCUT2D eigenvalue weighted by molar-refractivity contribution is 0.0721. The topological polar surface area (TPSA) is 81.7 Å². The van der Waals surface area contributed by atoms with Crippen LogP contribution in [0.3, 0.4) is 0 Å². The molecule has 0 bridgehead atoms. The molecule has 4 rings (SSSR count). The zero-order valence-corrected chi connectivity index (χ0v) is 14.0.